The highest BCUT2D eigenvalue weighted by Gasteiger charge is 2.37. The largest absolute Gasteiger partial charge is 0.481 e. The number of carboxylic acids is 1. The van der Waals surface area contributed by atoms with Gasteiger partial charge in [-0.25, -0.2) is 0 Å². The van der Waals surface area contributed by atoms with Gasteiger partial charge in [0, 0.05) is 0 Å². The Bertz CT molecular complexity index is 475. The molecule has 6 heteroatoms. The summed E-state index contributed by atoms with van der Waals surface area (Å²) in [6.07, 6.45) is -0.275. The number of aliphatic carboxylic acids is 1. The number of thiocarbonyl (C=S) groups is 1. The SMILES string of the molecule is O=C(O)C[C@H]1NC(=S)N(c2ccccc2)C1=O. The average Bonchev–Trinajstić information content (AvgIpc) is 2.54. The van der Waals surface area contributed by atoms with Crippen molar-refractivity contribution in [2.75, 3.05) is 4.90 Å². The lowest BCUT2D eigenvalue weighted by Crippen LogP contribution is -2.32. The molecule has 0 saturated carbocycles. The molecule has 2 N–H and O–H groups in total. The lowest BCUT2D eigenvalue weighted by atomic mass is 10.2. The number of carboxylic acid groups (broad SMARTS) is 1. The number of benzene rings is 1. The molecule has 1 aromatic carbocycles. The lowest BCUT2D eigenvalue weighted by Gasteiger charge is -2.14. The van der Waals surface area contributed by atoms with Crippen molar-refractivity contribution in [3.8, 4) is 0 Å². The van der Waals surface area contributed by atoms with E-state index >= 15 is 0 Å². The number of carbonyl (C=O) groups excluding carboxylic acids is 1. The minimum Gasteiger partial charge on any atom is -0.481 e. The summed E-state index contributed by atoms with van der Waals surface area (Å²) >= 11 is 5.03. The van der Waals surface area contributed by atoms with Crippen LogP contribution in [0.15, 0.2) is 30.3 Å². The van der Waals surface area contributed by atoms with Crippen molar-refractivity contribution in [3.63, 3.8) is 0 Å². The van der Waals surface area contributed by atoms with Crippen LogP contribution in [-0.2, 0) is 9.59 Å². The summed E-state index contributed by atoms with van der Waals surface area (Å²) in [5, 5.41) is 11.6. The lowest BCUT2D eigenvalue weighted by molar-refractivity contribution is -0.139. The third kappa shape index (κ3) is 2.26. The first-order valence-corrected chi connectivity index (χ1v) is 5.41. The van der Waals surface area contributed by atoms with E-state index in [0.29, 0.717) is 5.69 Å². The summed E-state index contributed by atoms with van der Waals surface area (Å²) in [6.45, 7) is 0. The number of para-hydroxylation sites is 1. The van der Waals surface area contributed by atoms with Gasteiger partial charge in [0.15, 0.2) is 5.11 Å². The maximum Gasteiger partial charge on any atom is 0.305 e. The van der Waals surface area contributed by atoms with Gasteiger partial charge >= 0.3 is 5.97 Å². The number of hydrogen-bond donors (Lipinski definition) is 2. The fraction of sp³-hybridized carbons (Fsp3) is 0.182. The van der Waals surface area contributed by atoms with Gasteiger partial charge in [0.1, 0.15) is 6.04 Å². The van der Waals surface area contributed by atoms with E-state index in [1.165, 1.54) is 4.90 Å². The summed E-state index contributed by atoms with van der Waals surface area (Å²) in [7, 11) is 0. The van der Waals surface area contributed by atoms with Gasteiger partial charge < -0.3 is 10.4 Å². The molecule has 0 unspecified atom stereocenters. The molecule has 0 bridgehead atoms. The Morgan fingerprint density at radius 3 is 2.65 bits per heavy atom. The van der Waals surface area contributed by atoms with Crippen molar-refractivity contribution in [1.82, 2.24) is 5.32 Å². The topological polar surface area (TPSA) is 69.6 Å². The number of carbonyl (C=O) groups is 2. The van der Waals surface area contributed by atoms with E-state index in [2.05, 4.69) is 5.32 Å². The molecule has 88 valence electrons. The van der Waals surface area contributed by atoms with Crippen molar-refractivity contribution in [2.45, 2.75) is 12.5 Å². The van der Waals surface area contributed by atoms with Crippen LogP contribution in [0.3, 0.4) is 0 Å². The number of nitrogens with one attached hydrogen (secondary N) is 1. The summed E-state index contributed by atoms with van der Waals surface area (Å²) in [5.74, 6) is -1.36. The quantitative estimate of drug-likeness (QED) is 0.775. The van der Waals surface area contributed by atoms with Crippen LogP contribution in [0.25, 0.3) is 0 Å². The van der Waals surface area contributed by atoms with Crippen LogP contribution in [0.2, 0.25) is 0 Å². The minimum atomic E-state index is -1.03. The Kier molecular flexibility index (Phi) is 3.06. The maximum absolute atomic E-state index is 12.0. The van der Waals surface area contributed by atoms with Crippen LogP contribution in [0.1, 0.15) is 6.42 Å². The van der Waals surface area contributed by atoms with Crippen LogP contribution in [0, 0.1) is 0 Å². The fourth-order valence-corrected chi connectivity index (χ4v) is 2.00. The molecular formula is C11H10N2O3S. The van der Waals surface area contributed by atoms with Gasteiger partial charge in [0.2, 0.25) is 0 Å². The molecule has 1 atom stereocenters. The van der Waals surface area contributed by atoms with Gasteiger partial charge in [-0.15, -0.1) is 0 Å². The molecule has 1 saturated heterocycles. The second-order valence-electron chi connectivity index (χ2n) is 3.61. The van der Waals surface area contributed by atoms with Crippen LogP contribution < -0.4 is 10.2 Å². The van der Waals surface area contributed by atoms with E-state index < -0.39 is 12.0 Å². The highest BCUT2D eigenvalue weighted by atomic mass is 32.1. The van der Waals surface area contributed by atoms with E-state index in [4.69, 9.17) is 17.3 Å². The average molecular weight is 250 g/mol. The molecule has 1 heterocycles. The monoisotopic (exact) mass is 250 g/mol. The van der Waals surface area contributed by atoms with E-state index in [1.807, 2.05) is 6.07 Å². The van der Waals surface area contributed by atoms with Gasteiger partial charge in [0.05, 0.1) is 12.1 Å². The molecule has 17 heavy (non-hydrogen) atoms. The molecule has 0 aromatic heterocycles. The van der Waals surface area contributed by atoms with Crippen LogP contribution in [0.5, 0.6) is 0 Å². The number of amides is 1. The zero-order valence-electron chi connectivity index (χ0n) is 8.79. The zero-order chi connectivity index (χ0) is 12.4. The first-order valence-electron chi connectivity index (χ1n) is 5.01. The maximum atomic E-state index is 12.0. The third-order valence-corrected chi connectivity index (χ3v) is 2.71. The van der Waals surface area contributed by atoms with Gasteiger partial charge in [-0.3, -0.25) is 14.5 Å². The van der Waals surface area contributed by atoms with E-state index in [9.17, 15) is 9.59 Å². The smallest absolute Gasteiger partial charge is 0.305 e. The van der Waals surface area contributed by atoms with Crippen LogP contribution >= 0.6 is 12.2 Å². The van der Waals surface area contributed by atoms with Gasteiger partial charge in [-0.1, -0.05) is 18.2 Å². The zero-order valence-corrected chi connectivity index (χ0v) is 9.61. The molecule has 0 aliphatic carbocycles. The number of anilines is 1. The summed E-state index contributed by atoms with van der Waals surface area (Å²) in [5.41, 5.74) is 0.642. The molecule has 0 spiro atoms. The van der Waals surface area contributed by atoms with E-state index in [-0.39, 0.29) is 17.4 Å². The Morgan fingerprint density at radius 1 is 1.41 bits per heavy atom. The van der Waals surface area contributed by atoms with E-state index in [0.717, 1.165) is 0 Å². The van der Waals surface area contributed by atoms with Gasteiger partial charge in [0.25, 0.3) is 5.91 Å². The molecular weight excluding hydrogens is 240 g/mol. The normalized spacial score (nSPS) is 19.3. The molecule has 5 nitrogen and oxygen atoms in total. The molecule has 1 aliphatic heterocycles. The Hall–Kier alpha value is -1.95. The van der Waals surface area contributed by atoms with Crippen molar-refractivity contribution in [3.05, 3.63) is 30.3 Å². The molecule has 1 aliphatic rings. The van der Waals surface area contributed by atoms with Crippen molar-refractivity contribution in [2.24, 2.45) is 0 Å². The third-order valence-electron chi connectivity index (χ3n) is 2.41. The van der Waals surface area contributed by atoms with Gasteiger partial charge in [-0.05, 0) is 24.4 Å². The Balaban J connectivity index is 2.23. The Morgan fingerprint density at radius 2 is 2.06 bits per heavy atom. The predicted molar refractivity (Wildman–Crippen MR) is 65.7 cm³/mol. The summed E-state index contributed by atoms with van der Waals surface area (Å²) in [4.78, 5) is 23.9. The standard InChI is InChI=1S/C11H10N2O3S/c14-9(15)6-8-10(16)13(11(17)12-8)7-4-2-1-3-5-7/h1-5,8H,6H2,(H,12,17)(H,14,15)/t8-/m1/s1. The van der Waals surface area contributed by atoms with Crippen LogP contribution in [0.4, 0.5) is 5.69 Å². The number of hydrogen-bond acceptors (Lipinski definition) is 3. The number of nitrogens with zero attached hydrogens (tertiary/aromatic N) is 1. The second-order valence-corrected chi connectivity index (χ2v) is 4.00. The van der Waals surface area contributed by atoms with Gasteiger partial charge in [-0.2, -0.15) is 0 Å². The Labute approximate surface area is 103 Å². The second kappa shape index (κ2) is 4.50. The summed E-state index contributed by atoms with van der Waals surface area (Å²) < 4.78 is 0. The summed E-state index contributed by atoms with van der Waals surface area (Å²) in [6, 6.07) is 8.12. The van der Waals surface area contributed by atoms with Crippen molar-refractivity contribution >= 4 is 34.9 Å². The minimum absolute atomic E-state index is 0.243. The molecule has 2 rings (SSSR count). The number of rotatable bonds is 3. The molecule has 1 amide bonds. The molecule has 1 fully saturated rings. The predicted octanol–water partition coefficient (Wildman–Crippen LogP) is 0.751. The molecule has 0 radical (unpaired) electrons. The first-order chi connectivity index (χ1) is 8.09. The highest BCUT2D eigenvalue weighted by molar-refractivity contribution is 7.80. The van der Waals surface area contributed by atoms with E-state index in [1.54, 1.807) is 24.3 Å². The highest BCUT2D eigenvalue weighted by Crippen LogP contribution is 2.20. The van der Waals surface area contributed by atoms with Crippen LogP contribution in [-0.4, -0.2) is 28.1 Å². The molecule has 1 aromatic rings. The first kappa shape index (κ1) is 11.5. The fourth-order valence-electron chi connectivity index (χ4n) is 1.67. The van der Waals surface area contributed by atoms with Crippen molar-refractivity contribution in [1.29, 1.82) is 0 Å². The van der Waals surface area contributed by atoms with Crippen molar-refractivity contribution < 1.29 is 14.7 Å².